The van der Waals surface area contributed by atoms with Crippen LogP contribution in [0.3, 0.4) is 0 Å². The summed E-state index contributed by atoms with van der Waals surface area (Å²) in [7, 11) is 0. The third-order valence-electron chi connectivity index (χ3n) is 4.48. The SMILES string of the molecule is O=C(C=Cc1ccc2ccccc2c1)c1ccc(-c2ccccc2)cc1. The van der Waals surface area contributed by atoms with Crippen LogP contribution in [0.15, 0.2) is 103 Å². The van der Waals surface area contributed by atoms with Gasteiger partial charge in [-0.15, -0.1) is 0 Å². The van der Waals surface area contributed by atoms with Gasteiger partial charge < -0.3 is 0 Å². The highest BCUT2D eigenvalue weighted by atomic mass is 16.1. The largest absolute Gasteiger partial charge is 0.289 e. The Kier molecular flexibility index (Phi) is 4.44. The van der Waals surface area contributed by atoms with Gasteiger partial charge in [-0.3, -0.25) is 4.79 Å². The van der Waals surface area contributed by atoms with E-state index in [4.69, 9.17) is 0 Å². The topological polar surface area (TPSA) is 17.1 Å². The van der Waals surface area contributed by atoms with Crippen molar-refractivity contribution in [3.63, 3.8) is 0 Å². The Labute approximate surface area is 153 Å². The summed E-state index contributed by atoms with van der Waals surface area (Å²) in [6.45, 7) is 0. The minimum Gasteiger partial charge on any atom is -0.289 e. The Bertz CT molecular complexity index is 1070. The van der Waals surface area contributed by atoms with Crippen molar-refractivity contribution in [1.29, 1.82) is 0 Å². The number of allylic oxidation sites excluding steroid dienone is 1. The molecule has 26 heavy (non-hydrogen) atoms. The Balaban J connectivity index is 1.52. The van der Waals surface area contributed by atoms with E-state index < -0.39 is 0 Å². The lowest BCUT2D eigenvalue weighted by Gasteiger charge is -2.02. The second kappa shape index (κ2) is 7.20. The Hall–Kier alpha value is -3.45. The van der Waals surface area contributed by atoms with Crippen molar-refractivity contribution in [2.45, 2.75) is 0 Å². The van der Waals surface area contributed by atoms with Crippen molar-refractivity contribution in [2.75, 3.05) is 0 Å². The number of ketones is 1. The number of carbonyl (C=O) groups excluding carboxylic acids is 1. The van der Waals surface area contributed by atoms with E-state index in [1.54, 1.807) is 6.08 Å². The minimum atomic E-state index is 0.0118. The van der Waals surface area contributed by atoms with Gasteiger partial charge in [-0.05, 0) is 39.6 Å². The summed E-state index contributed by atoms with van der Waals surface area (Å²) >= 11 is 0. The van der Waals surface area contributed by atoms with Crippen LogP contribution in [0.1, 0.15) is 15.9 Å². The molecule has 4 rings (SSSR count). The van der Waals surface area contributed by atoms with E-state index in [0.717, 1.165) is 16.7 Å². The van der Waals surface area contributed by atoms with Crippen molar-refractivity contribution in [3.05, 3.63) is 114 Å². The van der Waals surface area contributed by atoms with Crippen LogP contribution < -0.4 is 0 Å². The highest BCUT2D eigenvalue weighted by Crippen LogP contribution is 2.20. The summed E-state index contributed by atoms with van der Waals surface area (Å²) in [5, 5.41) is 2.38. The third kappa shape index (κ3) is 3.47. The standard InChI is InChI=1S/C25H18O/c26-25(17-11-19-10-12-21-8-4-5-9-24(21)18-19)23-15-13-22(14-16-23)20-6-2-1-3-7-20/h1-18H. The van der Waals surface area contributed by atoms with E-state index in [-0.39, 0.29) is 5.78 Å². The molecule has 0 spiro atoms. The molecule has 0 saturated heterocycles. The molecule has 4 aromatic carbocycles. The Morgan fingerprint density at radius 2 is 1.27 bits per heavy atom. The van der Waals surface area contributed by atoms with Gasteiger partial charge in [0.15, 0.2) is 5.78 Å². The zero-order valence-electron chi connectivity index (χ0n) is 14.3. The smallest absolute Gasteiger partial charge is 0.185 e. The van der Waals surface area contributed by atoms with Crippen molar-refractivity contribution in [2.24, 2.45) is 0 Å². The molecular weight excluding hydrogens is 316 g/mol. The number of fused-ring (bicyclic) bond motifs is 1. The van der Waals surface area contributed by atoms with Crippen molar-refractivity contribution < 1.29 is 4.79 Å². The second-order valence-electron chi connectivity index (χ2n) is 6.25. The summed E-state index contributed by atoms with van der Waals surface area (Å²) in [6.07, 6.45) is 3.52. The van der Waals surface area contributed by atoms with Gasteiger partial charge in [0, 0.05) is 5.56 Å². The summed E-state index contributed by atoms with van der Waals surface area (Å²) in [4.78, 5) is 12.4. The molecule has 0 aliphatic heterocycles. The maximum atomic E-state index is 12.4. The molecule has 124 valence electrons. The molecule has 1 heteroatoms. The fourth-order valence-electron chi connectivity index (χ4n) is 3.04. The normalized spacial score (nSPS) is 11.1. The number of benzene rings is 4. The Morgan fingerprint density at radius 1 is 0.615 bits per heavy atom. The van der Waals surface area contributed by atoms with E-state index in [2.05, 4.69) is 36.4 Å². The molecule has 0 unspecified atom stereocenters. The molecular formula is C25H18O. The molecule has 0 atom stereocenters. The molecule has 0 radical (unpaired) electrons. The molecule has 0 bridgehead atoms. The minimum absolute atomic E-state index is 0.0118. The van der Waals surface area contributed by atoms with Crippen LogP contribution in [-0.2, 0) is 0 Å². The monoisotopic (exact) mass is 334 g/mol. The van der Waals surface area contributed by atoms with E-state index in [0.29, 0.717) is 5.56 Å². The average molecular weight is 334 g/mol. The van der Waals surface area contributed by atoms with Gasteiger partial charge in [0.05, 0.1) is 0 Å². The molecule has 4 aromatic rings. The van der Waals surface area contributed by atoms with E-state index in [1.807, 2.05) is 66.7 Å². The quantitative estimate of drug-likeness (QED) is 0.311. The lowest BCUT2D eigenvalue weighted by molar-refractivity contribution is 0.104. The van der Waals surface area contributed by atoms with Gasteiger partial charge in [0.2, 0.25) is 0 Å². The first-order valence-electron chi connectivity index (χ1n) is 8.66. The van der Waals surface area contributed by atoms with Gasteiger partial charge in [-0.25, -0.2) is 0 Å². The van der Waals surface area contributed by atoms with Crippen molar-refractivity contribution in [3.8, 4) is 11.1 Å². The number of rotatable bonds is 4. The molecule has 0 aromatic heterocycles. The van der Waals surface area contributed by atoms with E-state index in [9.17, 15) is 4.79 Å². The van der Waals surface area contributed by atoms with Crippen molar-refractivity contribution >= 4 is 22.6 Å². The average Bonchev–Trinajstić information content (AvgIpc) is 2.72. The van der Waals surface area contributed by atoms with Crippen LogP contribution in [0.5, 0.6) is 0 Å². The first-order valence-corrected chi connectivity index (χ1v) is 8.66. The number of hydrogen-bond donors (Lipinski definition) is 0. The highest BCUT2D eigenvalue weighted by Gasteiger charge is 2.03. The molecule has 0 aliphatic rings. The molecule has 0 fully saturated rings. The van der Waals surface area contributed by atoms with Crippen LogP contribution in [0, 0.1) is 0 Å². The van der Waals surface area contributed by atoms with Crippen LogP contribution >= 0.6 is 0 Å². The Morgan fingerprint density at radius 3 is 2.04 bits per heavy atom. The fourth-order valence-corrected chi connectivity index (χ4v) is 3.04. The first kappa shape index (κ1) is 16.0. The third-order valence-corrected chi connectivity index (χ3v) is 4.48. The summed E-state index contributed by atoms with van der Waals surface area (Å²) < 4.78 is 0. The lowest BCUT2D eigenvalue weighted by Crippen LogP contribution is -1.93. The van der Waals surface area contributed by atoms with Crippen LogP contribution in [0.4, 0.5) is 0 Å². The molecule has 0 amide bonds. The molecule has 0 aliphatic carbocycles. The second-order valence-corrected chi connectivity index (χ2v) is 6.25. The maximum absolute atomic E-state index is 12.4. The first-order chi connectivity index (χ1) is 12.8. The molecule has 0 N–H and O–H groups in total. The fraction of sp³-hybridized carbons (Fsp3) is 0. The van der Waals surface area contributed by atoms with Gasteiger partial charge in [0.25, 0.3) is 0 Å². The number of hydrogen-bond acceptors (Lipinski definition) is 1. The van der Waals surface area contributed by atoms with Crippen LogP contribution in [0.25, 0.3) is 28.0 Å². The number of carbonyl (C=O) groups is 1. The van der Waals surface area contributed by atoms with Gasteiger partial charge >= 0.3 is 0 Å². The zero-order valence-corrected chi connectivity index (χ0v) is 14.3. The summed E-state index contributed by atoms with van der Waals surface area (Å²) in [5.74, 6) is 0.0118. The molecule has 0 saturated carbocycles. The van der Waals surface area contributed by atoms with E-state index in [1.165, 1.54) is 10.8 Å². The van der Waals surface area contributed by atoms with Gasteiger partial charge in [-0.2, -0.15) is 0 Å². The molecule has 0 heterocycles. The van der Waals surface area contributed by atoms with E-state index >= 15 is 0 Å². The van der Waals surface area contributed by atoms with Crippen molar-refractivity contribution in [1.82, 2.24) is 0 Å². The van der Waals surface area contributed by atoms with Crippen LogP contribution in [-0.4, -0.2) is 5.78 Å². The summed E-state index contributed by atoms with van der Waals surface area (Å²) in [5.41, 5.74) is 3.98. The zero-order chi connectivity index (χ0) is 17.8. The highest BCUT2D eigenvalue weighted by molar-refractivity contribution is 6.07. The maximum Gasteiger partial charge on any atom is 0.185 e. The predicted molar refractivity (Wildman–Crippen MR) is 109 cm³/mol. The van der Waals surface area contributed by atoms with Gasteiger partial charge in [0.1, 0.15) is 0 Å². The van der Waals surface area contributed by atoms with Gasteiger partial charge in [-0.1, -0.05) is 97.1 Å². The predicted octanol–water partition coefficient (Wildman–Crippen LogP) is 6.40. The molecule has 1 nitrogen and oxygen atoms in total. The lowest BCUT2D eigenvalue weighted by atomic mass is 10.0. The summed E-state index contributed by atoms with van der Waals surface area (Å²) in [6, 6.07) is 32.3. The van der Waals surface area contributed by atoms with Crippen LogP contribution in [0.2, 0.25) is 0 Å².